The number of H-pyrrole nitrogens is 1. The maximum Gasteiger partial charge on any atom is 0.299 e. The number of halogens is 3. The SMILES string of the molecule is Cc1cc(OCc2ccc(/C=N/n3c(C(F)F)n[nH]c3=S)o2)cc(C)c1Cl. The van der Waals surface area contributed by atoms with Crippen LogP contribution in [0.25, 0.3) is 0 Å². The molecule has 0 radical (unpaired) electrons. The summed E-state index contributed by atoms with van der Waals surface area (Å²) < 4.78 is 37.8. The Balaban J connectivity index is 1.69. The molecule has 0 bridgehead atoms. The Morgan fingerprint density at radius 3 is 2.74 bits per heavy atom. The van der Waals surface area contributed by atoms with Gasteiger partial charge >= 0.3 is 0 Å². The van der Waals surface area contributed by atoms with Crippen LogP contribution in [0.1, 0.15) is 34.9 Å². The van der Waals surface area contributed by atoms with Crippen LogP contribution < -0.4 is 4.74 Å². The fraction of sp³-hybridized carbons (Fsp3) is 0.235. The van der Waals surface area contributed by atoms with Crippen LogP contribution in [0.5, 0.6) is 5.75 Å². The van der Waals surface area contributed by atoms with Crippen LogP contribution in [-0.4, -0.2) is 21.1 Å². The average molecular weight is 413 g/mol. The summed E-state index contributed by atoms with van der Waals surface area (Å²) in [6, 6.07) is 7.03. The van der Waals surface area contributed by atoms with Gasteiger partial charge in [0.2, 0.25) is 10.6 Å². The van der Waals surface area contributed by atoms with Crippen molar-refractivity contribution in [1.82, 2.24) is 14.9 Å². The van der Waals surface area contributed by atoms with Gasteiger partial charge in [0, 0.05) is 5.02 Å². The van der Waals surface area contributed by atoms with Gasteiger partial charge in [-0.3, -0.25) is 0 Å². The number of rotatable bonds is 6. The smallest absolute Gasteiger partial charge is 0.299 e. The molecular weight excluding hydrogens is 398 g/mol. The molecule has 27 heavy (non-hydrogen) atoms. The Labute approximate surface area is 163 Å². The van der Waals surface area contributed by atoms with Crippen LogP contribution in [-0.2, 0) is 6.61 Å². The predicted octanol–water partition coefficient (Wildman–Crippen LogP) is 5.20. The van der Waals surface area contributed by atoms with Crippen LogP contribution in [0.4, 0.5) is 8.78 Å². The number of furan rings is 1. The Bertz CT molecular complexity index is 1020. The first-order chi connectivity index (χ1) is 12.8. The molecule has 0 saturated carbocycles. The Hall–Kier alpha value is -2.52. The molecule has 0 spiro atoms. The molecule has 0 amide bonds. The minimum Gasteiger partial charge on any atom is -0.486 e. The fourth-order valence-electron chi connectivity index (χ4n) is 2.36. The third-order valence-electron chi connectivity index (χ3n) is 3.64. The van der Waals surface area contributed by atoms with Gasteiger partial charge < -0.3 is 9.15 Å². The maximum atomic E-state index is 12.8. The van der Waals surface area contributed by atoms with Crippen LogP contribution in [0.15, 0.2) is 33.8 Å². The molecule has 10 heteroatoms. The number of ether oxygens (including phenoxy) is 1. The Morgan fingerprint density at radius 1 is 1.37 bits per heavy atom. The number of nitrogens with zero attached hydrogens (tertiary/aromatic N) is 3. The van der Waals surface area contributed by atoms with Crippen molar-refractivity contribution in [3.63, 3.8) is 0 Å². The van der Waals surface area contributed by atoms with Gasteiger partial charge in [-0.05, 0) is 61.5 Å². The third kappa shape index (κ3) is 4.42. The minimum absolute atomic E-state index is 0.0369. The van der Waals surface area contributed by atoms with Gasteiger partial charge in [0.1, 0.15) is 23.9 Å². The van der Waals surface area contributed by atoms with Crippen molar-refractivity contribution in [2.45, 2.75) is 26.9 Å². The standard InChI is InChI=1S/C17H15ClF2N4O2S/c1-9-5-13(6-10(2)14(9)18)25-8-12-4-3-11(26-12)7-21-24-16(15(19)20)22-23-17(24)27/h3-7,15H,8H2,1-2H3,(H,23,27)/b21-7+. The summed E-state index contributed by atoms with van der Waals surface area (Å²) in [5.74, 6) is 1.01. The molecule has 0 aliphatic carbocycles. The van der Waals surface area contributed by atoms with Crippen molar-refractivity contribution >= 4 is 30.0 Å². The molecule has 0 unspecified atom stereocenters. The molecule has 2 heterocycles. The van der Waals surface area contributed by atoms with E-state index in [2.05, 4.69) is 15.3 Å². The molecule has 0 saturated heterocycles. The van der Waals surface area contributed by atoms with Crippen molar-refractivity contribution < 1.29 is 17.9 Å². The molecule has 1 N–H and O–H groups in total. The lowest BCUT2D eigenvalue weighted by atomic mass is 10.1. The van der Waals surface area contributed by atoms with Crippen LogP contribution in [0, 0.1) is 18.6 Å². The number of hydrogen-bond donors (Lipinski definition) is 1. The van der Waals surface area contributed by atoms with Crippen molar-refractivity contribution in [1.29, 1.82) is 0 Å². The van der Waals surface area contributed by atoms with E-state index < -0.39 is 12.2 Å². The van der Waals surface area contributed by atoms with E-state index in [4.69, 9.17) is 33.0 Å². The number of aryl methyl sites for hydroxylation is 2. The molecule has 2 aromatic heterocycles. The number of alkyl halides is 2. The first kappa shape index (κ1) is 19.2. The summed E-state index contributed by atoms with van der Waals surface area (Å²) in [5, 5.41) is 10.3. The normalized spacial score (nSPS) is 11.6. The highest BCUT2D eigenvalue weighted by Gasteiger charge is 2.16. The van der Waals surface area contributed by atoms with Gasteiger partial charge in [0.15, 0.2) is 0 Å². The highest BCUT2D eigenvalue weighted by atomic mass is 35.5. The van der Waals surface area contributed by atoms with Crippen LogP contribution in [0.2, 0.25) is 5.02 Å². The summed E-state index contributed by atoms with van der Waals surface area (Å²) >= 11 is 11.0. The molecule has 3 aromatic rings. The average Bonchev–Trinajstić information content (AvgIpc) is 3.22. The van der Waals surface area contributed by atoms with Gasteiger partial charge in [0.25, 0.3) is 6.43 Å². The molecular formula is C17H15ClF2N4O2S. The lowest BCUT2D eigenvalue weighted by Gasteiger charge is -2.08. The molecule has 1 aromatic carbocycles. The quantitative estimate of drug-likeness (QED) is 0.446. The summed E-state index contributed by atoms with van der Waals surface area (Å²) in [6.45, 7) is 4.00. The van der Waals surface area contributed by atoms with E-state index in [9.17, 15) is 8.78 Å². The van der Waals surface area contributed by atoms with Gasteiger partial charge in [-0.1, -0.05) is 11.6 Å². The number of nitrogens with one attached hydrogen (secondary N) is 1. The topological polar surface area (TPSA) is 68.3 Å². The van der Waals surface area contributed by atoms with Gasteiger partial charge in [0.05, 0.1) is 6.21 Å². The summed E-state index contributed by atoms with van der Waals surface area (Å²) in [6.07, 6.45) is -1.53. The number of aromatic nitrogens is 3. The second-order valence-corrected chi connectivity index (χ2v) is 6.47. The largest absolute Gasteiger partial charge is 0.486 e. The van der Waals surface area contributed by atoms with E-state index in [0.29, 0.717) is 22.3 Å². The van der Waals surface area contributed by atoms with Crippen molar-refractivity contribution in [3.8, 4) is 5.75 Å². The lowest BCUT2D eigenvalue weighted by Crippen LogP contribution is -1.99. The van der Waals surface area contributed by atoms with E-state index >= 15 is 0 Å². The minimum atomic E-state index is -2.80. The molecule has 142 valence electrons. The van der Waals surface area contributed by atoms with E-state index in [1.807, 2.05) is 26.0 Å². The molecule has 0 aliphatic rings. The zero-order valence-corrected chi connectivity index (χ0v) is 15.9. The van der Waals surface area contributed by atoms with Gasteiger partial charge in [-0.2, -0.15) is 14.9 Å². The molecule has 0 fully saturated rings. The summed E-state index contributed by atoms with van der Waals surface area (Å²) in [7, 11) is 0. The predicted molar refractivity (Wildman–Crippen MR) is 99.3 cm³/mol. The highest BCUT2D eigenvalue weighted by Crippen LogP contribution is 2.26. The molecule has 6 nitrogen and oxygen atoms in total. The Kier molecular flexibility index (Phi) is 5.71. The van der Waals surface area contributed by atoms with Crippen LogP contribution in [0.3, 0.4) is 0 Å². The van der Waals surface area contributed by atoms with Crippen molar-refractivity contribution in [3.05, 3.63) is 62.5 Å². The summed E-state index contributed by atoms with van der Waals surface area (Å²) in [5.41, 5.74) is 1.84. The number of hydrogen-bond acceptors (Lipinski definition) is 5. The van der Waals surface area contributed by atoms with E-state index in [1.165, 1.54) is 6.21 Å². The maximum absolute atomic E-state index is 12.8. The molecule has 0 atom stereocenters. The van der Waals surface area contributed by atoms with E-state index in [-0.39, 0.29) is 11.4 Å². The fourth-order valence-corrected chi connectivity index (χ4v) is 2.65. The highest BCUT2D eigenvalue weighted by molar-refractivity contribution is 7.71. The third-order valence-corrected chi connectivity index (χ3v) is 4.50. The first-order valence-electron chi connectivity index (χ1n) is 7.83. The second-order valence-electron chi connectivity index (χ2n) is 5.71. The number of benzene rings is 1. The Morgan fingerprint density at radius 2 is 2.07 bits per heavy atom. The molecule has 3 rings (SSSR count). The van der Waals surface area contributed by atoms with Gasteiger partial charge in [-0.15, -0.1) is 0 Å². The monoisotopic (exact) mass is 412 g/mol. The zero-order valence-electron chi connectivity index (χ0n) is 14.4. The first-order valence-corrected chi connectivity index (χ1v) is 8.62. The van der Waals surface area contributed by atoms with Crippen molar-refractivity contribution in [2.24, 2.45) is 5.10 Å². The molecule has 0 aliphatic heterocycles. The van der Waals surface area contributed by atoms with Crippen molar-refractivity contribution in [2.75, 3.05) is 0 Å². The van der Waals surface area contributed by atoms with Crippen LogP contribution >= 0.6 is 23.8 Å². The van der Waals surface area contributed by atoms with E-state index in [0.717, 1.165) is 15.8 Å². The summed E-state index contributed by atoms with van der Waals surface area (Å²) in [4.78, 5) is 0. The lowest BCUT2D eigenvalue weighted by molar-refractivity contribution is 0.136. The number of aromatic amines is 1. The van der Waals surface area contributed by atoms with E-state index in [1.54, 1.807) is 12.1 Å². The zero-order chi connectivity index (χ0) is 19.6. The second kappa shape index (κ2) is 8.01. The van der Waals surface area contributed by atoms with Gasteiger partial charge in [-0.25, -0.2) is 13.9 Å².